The average molecular weight is 383 g/mol. The van der Waals surface area contributed by atoms with Crippen molar-refractivity contribution < 1.29 is 27.8 Å². The molecule has 1 aromatic carbocycles. The lowest BCUT2D eigenvalue weighted by Crippen LogP contribution is -2.22. The molecule has 8 nitrogen and oxygen atoms in total. The van der Waals surface area contributed by atoms with Gasteiger partial charge >= 0.3 is 12.6 Å². The van der Waals surface area contributed by atoms with Crippen LogP contribution in [0.4, 0.5) is 8.78 Å². The Morgan fingerprint density at radius 2 is 2.00 bits per heavy atom. The molecule has 1 aromatic heterocycles. The molecular formula is C17H19F2N3O5. The number of H-pyrrole nitrogens is 2. The first-order valence-corrected chi connectivity index (χ1v) is 8.09. The number of ether oxygens (including phenoxy) is 2. The number of nitrogens with two attached hydrogens (primary N) is 1. The Morgan fingerprint density at radius 3 is 2.63 bits per heavy atom. The molecule has 2 rings (SSSR count). The van der Waals surface area contributed by atoms with Gasteiger partial charge < -0.3 is 20.3 Å². The van der Waals surface area contributed by atoms with Crippen LogP contribution in [0.3, 0.4) is 0 Å². The molecule has 0 aliphatic heterocycles. The molecule has 1 heterocycles. The smallest absolute Gasteiger partial charge is 0.387 e. The summed E-state index contributed by atoms with van der Waals surface area (Å²) in [4.78, 5) is 35.6. The summed E-state index contributed by atoms with van der Waals surface area (Å²) >= 11 is 0. The van der Waals surface area contributed by atoms with Crippen LogP contribution in [0.15, 0.2) is 29.1 Å². The van der Waals surface area contributed by atoms with Crippen LogP contribution < -0.4 is 16.0 Å². The highest BCUT2D eigenvalue weighted by atomic mass is 19.3. The van der Waals surface area contributed by atoms with E-state index in [1.54, 1.807) is 13.0 Å². The van der Waals surface area contributed by atoms with Crippen molar-refractivity contribution in [1.82, 2.24) is 10.2 Å². The standard InChI is InChI=1S/C17H19F2N3O5/c1-2-26-14(24)8-12-15(16(25)22-21-12)11(7-13(20)23)9-4-3-5-10(6-9)27-17(18)19/h3-6,11,17H,2,7-8H2,1H3,(H2,20,23)(H2,21,22,25)/t11-/m0/s1. The summed E-state index contributed by atoms with van der Waals surface area (Å²) in [7, 11) is 0. The molecule has 27 heavy (non-hydrogen) atoms. The fourth-order valence-corrected chi connectivity index (χ4v) is 2.76. The number of primary amides is 1. The van der Waals surface area contributed by atoms with Crippen LogP contribution in [0.25, 0.3) is 0 Å². The minimum Gasteiger partial charge on any atom is -0.466 e. The number of rotatable bonds is 9. The van der Waals surface area contributed by atoms with Gasteiger partial charge in [0.05, 0.1) is 18.7 Å². The van der Waals surface area contributed by atoms with Crippen LogP contribution in [0.5, 0.6) is 5.75 Å². The lowest BCUT2D eigenvalue weighted by atomic mass is 9.87. The number of amides is 1. The Morgan fingerprint density at radius 1 is 1.26 bits per heavy atom. The molecule has 2 aromatic rings. The van der Waals surface area contributed by atoms with E-state index >= 15 is 0 Å². The number of esters is 1. The van der Waals surface area contributed by atoms with Gasteiger partial charge in [0.25, 0.3) is 5.56 Å². The largest absolute Gasteiger partial charge is 0.466 e. The topological polar surface area (TPSA) is 127 Å². The second kappa shape index (κ2) is 8.97. The molecule has 1 amide bonds. The van der Waals surface area contributed by atoms with Crippen molar-refractivity contribution in [2.75, 3.05) is 6.61 Å². The highest BCUT2D eigenvalue weighted by molar-refractivity contribution is 5.76. The second-order valence-electron chi connectivity index (χ2n) is 5.63. The predicted molar refractivity (Wildman–Crippen MR) is 90.5 cm³/mol. The number of alkyl halides is 2. The third-order valence-corrected chi connectivity index (χ3v) is 3.76. The van der Waals surface area contributed by atoms with Crippen molar-refractivity contribution in [1.29, 1.82) is 0 Å². The number of hydrogen-bond donors (Lipinski definition) is 3. The molecule has 0 spiro atoms. The number of aromatic nitrogens is 2. The quantitative estimate of drug-likeness (QED) is 0.564. The summed E-state index contributed by atoms with van der Waals surface area (Å²) in [6, 6.07) is 5.61. The van der Waals surface area contributed by atoms with Gasteiger partial charge in [-0.25, -0.2) is 0 Å². The average Bonchev–Trinajstić information content (AvgIpc) is 2.92. The number of carbonyl (C=O) groups is 2. The van der Waals surface area contributed by atoms with Crippen LogP contribution in [-0.4, -0.2) is 35.3 Å². The van der Waals surface area contributed by atoms with Gasteiger partial charge in [0.1, 0.15) is 5.75 Å². The highest BCUT2D eigenvalue weighted by Gasteiger charge is 2.26. The Balaban J connectivity index is 2.46. The molecule has 146 valence electrons. The van der Waals surface area contributed by atoms with Crippen LogP contribution in [0, 0.1) is 0 Å². The highest BCUT2D eigenvalue weighted by Crippen LogP contribution is 2.30. The minimum absolute atomic E-state index is 0.107. The molecular weight excluding hydrogens is 364 g/mol. The fraction of sp³-hybridized carbons (Fsp3) is 0.353. The molecule has 10 heteroatoms. The van der Waals surface area contributed by atoms with Crippen molar-refractivity contribution in [3.8, 4) is 5.75 Å². The van der Waals surface area contributed by atoms with Crippen molar-refractivity contribution in [3.63, 3.8) is 0 Å². The molecule has 1 atom stereocenters. The molecule has 0 radical (unpaired) electrons. The van der Waals surface area contributed by atoms with Crippen LogP contribution in [0.1, 0.15) is 36.1 Å². The number of carbonyl (C=O) groups excluding carboxylic acids is 2. The van der Waals surface area contributed by atoms with E-state index in [1.807, 2.05) is 0 Å². The zero-order valence-electron chi connectivity index (χ0n) is 14.5. The molecule has 0 aliphatic rings. The molecule has 0 saturated carbocycles. The first-order chi connectivity index (χ1) is 12.8. The number of nitrogens with one attached hydrogen (secondary N) is 2. The van der Waals surface area contributed by atoms with E-state index < -0.39 is 30.0 Å². The summed E-state index contributed by atoms with van der Waals surface area (Å²) < 4.78 is 34.2. The van der Waals surface area contributed by atoms with Crippen LogP contribution >= 0.6 is 0 Å². The van der Waals surface area contributed by atoms with Gasteiger partial charge in [-0.3, -0.25) is 19.5 Å². The number of benzene rings is 1. The van der Waals surface area contributed by atoms with Gasteiger partial charge in [-0.1, -0.05) is 12.1 Å². The normalized spacial score (nSPS) is 12.0. The summed E-state index contributed by atoms with van der Waals surface area (Å²) in [5, 5.41) is 4.96. The van der Waals surface area contributed by atoms with Crippen molar-refractivity contribution in [2.24, 2.45) is 5.73 Å². The Bertz CT molecular complexity index is 862. The number of aromatic amines is 2. The van der Waals surface area contributed by atoms with Crippen LogP contribution in [-0.2, 0) is 20.7 Å². The summed E-state index contributed by atoms with van der Waals surface area (Å²) in [6.45, 7) is -1.21. The van der Waals surface area contributed by atoms with Gasteiger partial charge in [-0.05, 0) is 24.6 Å². The maximum absolute atomic E-state index is 12.5. The molecule has 0 fully saturated rings. The summed E-state index contributed by atoms with van der Waals surface area (Å²) in [5.74, 6) is -2.26. The summed E-state index contributed by atoms with van der Waals surface area (Å²) in [5.41, 5.74) is 5.44. The van der Waals surface area contributed by atoms with Gasteiger partial charge in [-0.15, -0.1) is 0 Å². The van der Waals surface area contributed by atoms with Crippen molar-refractivity contribution in [2.45, 2.75) is 32.3 Å². The van der Waals surface area contributed by atoms with E-state index in [2.05, 4.69) is 14.9 Å². The van der Waals surface area contributed by atoms with E-state index in [0.29, 0.717) is 5.56 Å². The van der Waals surface area contributed by atoms with Gasteiger partial charge in [-0.2, -0.15) is 8.78 Å². The SMILES string of the molecule is CCOC(=O)Cc1[nH][nH]c(=O)c1[C@@H](CC(N)=O)c1cccc(OC(F)F)c1. The lowest BCUT2D eigenvalue weighted by Gasteiger charge is -2.17. The molecule has 4 N–H and O–H groups in total. The molecule has 0 bridgehead atoms. The first kappa shape index (κ1) is 20.1. The van der Waals surface area contributed by atoms with Gasteiger partial charge in [0, 0.05) is 17.9 Å². The molecule has 0 saturated heterocycles. The van der Waals surface area contributed by atoms with Crippen molar-refractivity contribution >= 4 is 11.9 Å². The predicted octanol–water partition coefficient (Wildman–Crippen LogP) is 1.42. The Hall–Kier alpha value is -3.17. The van der Waals surface area contributed by atoms with E-state index in [0.717, 1.165) is 0 Å². The van der Waals surface area contributed by atoms with E-state index in [9.17, 15) is 23.2 Å². The fourth-order valence-electron chi connectivity index (χ4n) is 2.76. The third kappa shape index (κ3) is 5.40. The second-order valence-corrected chi connectivity index (χ2v) is 5.63. The maximum Gasteiger partial charge on any atom is 0.387 e. The monoisotopic (exact) mass is 383 g/mol. The maximum atomic E-state index is 12.5. The van der Waals surface area contributed by atoms with E-state index in [-0.39, 0.29) is 36.5 Å². The number of halogens is 2. The molecule has 0 aliphatic carbocycles. The summed E-state index contributed by atoms with van der Waals surface area (Å²) in [6.07, 6.45) is -0.501. The lowest BCUT2D eigenvalue weighted by molar-refractivity contribution is -0.142. The number of hydrogen-bond acceptors (Lipinski definition) is 5. The first-order valence-electron chi connectivity index (χ1n) is 8.09. The van der Waals surface area contributed by atoms with E-state index in [1.165, 1.54) is 18.2 Å². The van der Waals surface area contributed by atoms with Gasteiger partial charge in [0.2, 0.25) is 5.91 Å². The van der Waals surface area contributed by atoms with Crippen LogP contribution in [0.2, 0.25) is 0 Å². The van der Waals surface area contributed by atoms with E-state index in [4.69, 9.17) is 10.5 Å². The third-order valence-electron chi connectivity index (χ3n) is 3.76. The Kier molecular flexibility index (Phi) is 6.69. The molecule has 0 unspecified atom stereocenters. The van der Waals surface area contributed by atoms with Crippen molar-refractivity contribution in [3.05, 3.63) is 51.4 Å². The zero-order chi connectivity index (χ0) is 20.0. The minimum atomic E-state index is -3.02. The Labute approximate surface area is 152 Å². The van der Waals surface area contributed by atoms with Gasteiger partial charge in [0.15, 0.2) is 0 Å². The zero-order valence-corrected chi connectivity index (χ0v) is 14.5.